The summed E-state index contributed by atoms with van der Waals surface area (Å²) in [5.74, 6) is 0.881. The molecule has 0 saturated carbocycles. The van der Waals surface area contributed by atoms with Crippen molar-refractivity contribution < 1.29 is 0 Å². The topological polar surface area (TPSA) is 43.8 Å². The molecule has 3 nitrogen and oxygen atoms in total. The standard InChI is InChI=1S/C17H18ClN3/c1-11-9-15-16(10-12(11)2)21(8-7-19)17(20-15)13-5-3-4-6-14(13)18/h3-6,9-10H,7-8,19H2,1-2H3. The summed E-state index contributed by atoms with van der Waals surface area (Å²) in [6, 6.07) is 12.1. The largest absolute Gasteiger partial charge is 0.329 e. The molecule has 1 aromatic heterocycles. The van der Waals surface area contributed by atoms with E-state index in [1.54, 1.807) is 0 Å². The molecule has 21 heavy (non-hydrogen) atoms. The molecule has 108 valence electrons. The highest BCUT2D eigenvalue weighted by atomic mass is 35.5. The van der Waals surface area contributed by atoms with Crippen LogP contribution in [-0.4, -0.2) is 16.1 Å². The molecule has 0 fully saturated rings. The highest BCUT2D eigenvalue weighted by molar-refractivity contribution is 6.33. The molecule has 4 heteroatoms. The minimum Gasteiger partial charge on any atom is -0.329 e. The zero-order valence-electron chi connectivity index (χ0n) is 12.2. The van der Waals surface area contributed by atoms with E-state index in [9.17, 15) is 0 Å². The van der Waals surface area contributed by atoms with E-state index < -0.39 is 0 Å². The predicted octanol–water partition coefficient (Wildman–Crippen LogP) is 3.93. The number of hydrogen-bond acceptors (Lipinski definition) is 2. The summed E-state index contributed by atoms with van der Waals surface area (Å²) in [6.45, 7) is 5.50. The monoisotopic (exact) mass is 299 g/mol. The third-order valence-electron chi connectivity index (χ3n) is 3.83. The molecule has 0 atom stereocenters. The minimum atomic E-state index is 0.565. The molecule has 3 aromatic rings. The molecular weight excluding hydrogens is 282 g/mol. The normalized spacial score (nSPS) is 11.2. The van der Waals surface area contributed by atoms with Gasteiger partial charge in [0.2, 0.25) is 0 Å². The number of aromatic nitrogens is 2. The maximum Gasteiger partial charge on any atom is 0.142 e. The number of rotatable bonds is 3. The van der Waals surface area contributed by atoms with E-state index in [2.05, 4.69) is 30.5 Å². The maximum atomic E-state index is 6.34. The van der Waals surface area contributed by atoms with Gasteiger partial charge in [-0.15, -0.1) is 0 Å². The van der Waals surface area contributed by atoms with Crippen molar-refractivity contribution in [1.82, 2.24) is 9.55 Å². The number of benzene rings is 2. The van der Waals surface area contributed by atoms with Crippen LogP contribution in [0.1, 0.15) is 11.1 Å². The van der Waals surface area contributed by atoms with Crippen molar-refractivity contribution in [1.29, 1.82) is 0 Å². The third-order valence-corrected chi connectivity index (χ3v) is 4.16. The SMILES string of the molecule is Cc1cc2nc(-c3ccccc3Cl)n(CCN)c2cc1C. The van der Waals surface area contributed by atoms with E-state index in [4.69, 9.17) is 22.3 Å². The highest BCUT2D eigenvalue weighted by Crippen LogP contribution is 2.31. The fourth-order valence-corrected chi connectivity index (χ4v) is 2.80. The lowest BCUT2D eigenvalue weighted by Crippen LogP contribution is -2.11. The van der Waals surface area contributed by atoms with Gasteiger partial charge in [0.05, 0.1) is 16.1 Å². The van der Waals surface area contributed by atoms with Crippen LogP contribution in [0.4, 0.5) is 0 Å². The summed E-state index contributed by atoms with van der Waals surface area (Å²) in [6.07, 6.45) is 0. The van der Waals surface area contributed by atoms with E-state index in [0.29, 0.717) is 11.6 Å². The Morgan fingerprint density at radius 2 is 1.86 bits per heavy atom. The van der Waals surface area contributed by atoms with Gasteiger partial charge in [-0.25, -0.2) is 4.98 Å². The van der Waals surface area contributed by atoms with Gasteiger partial charge in [-0.05, 0) is 49.2 Å². The molecule has 0 saturated heterocycles. The summed E-state index contributed by atoms with van der Waals surface area (Å²) < 4.78 is 2.16. The van der Waals surface area contributed by atoms with Crippen molar-refractivity contribution in [2.45, 2.75) is 20.4 Å². The van der Waals surface area contributed by atoms with E-state index in [0.717, 1.165) is 29.0 Å². The van der Waals surface area contributed by atoms with Crippen molar-refractivity contribution in [2.75, 3.05) is 6.54 Å². The van der Waals surface area contributed by atoms with Crippen LogP contribution in [-0.2, 0) is 6.54 Å². The van der Waals surface area contributed by atoms with Crippen molar-refractivity contribution in [3.05, 3.63) is 52.5 Å². The van der Waals surface area contributed by atoms with E-state index in [-0.39, 0.29) is 0 Å². The summed E-state index contributed by atoms with van der Waals surface area (Å²) >= 11 is 6.34. The number of nitrogens with two attached hydrogens (primary N) is 1. The molecule has 3 rings (SSSR count). The van der Waals surface area contributed by atoms with Gasteiger partial charge in [-0.2, -0.15) is 0 Å². The Balaban J connectivity index is 2.32. The Morgan fingerprint density at radius 3 is 2.57 bits per heavy atom. The molecule has 0 spiro atoms. The van der Waals surface area contributed by atoms with Gasteiger partial charge >= 0.3 is 0 Å². The van der Waals surface area contributed by atoms with Crippen molar-refractivity contribution in [3.63, 3.8) is 0 Å². The second-order valence-electron chi connectivity index (χ2n) is 5.28. The lowest BCUT2D eigenvalue weighted by atomic mass is 10.1. The third kappa shape index (κ3) is 2.43. The molecule has 0 amide bonds. The highest BCUT2D eigenvalue weighted by Gasteiger charge is 2.15. The molecule has 2 N–H and O–H groups in total. The zero-order chi connectivity index (χ0) is 15.0. The fourth-order valence-electron chi connectivity index (χ4n) is 2.58. The smallest absolute Gasteiger partial charge is 0.142 e. The quantitative estimate of drug-likeness (QED) is 0.796. The Morgan fingerprint density at radius 1 is 1.14 bits per heavy atom. The molecule has 2 aromatic carbocycles. The summed E-state index contributed by atoms with van der Waals surface area (Å²) in [7, 11) is 0. The van der Waals surface area contributed by atoms with Crippen LogP contribution in [0.5, 0.6) is 0 Å². The number of hydrogen-bond donors (Lipinski definition) is 1. The number of imidazole rings is 1. The molecule has 0 unspecified atom stereocenters. The Labute approximate surface area is 129 Å². The van der Waals surface area contributed by atoms with Crippen LogP contribution in [0.25, 0.3) is 22.4 Å². The first-order valence-electron chi connectivity index (χ1n) is 7.04. The first kappa shape index (κ1) is 14.1. The summed E-state index contributed by atoms with van der Waals surface area (Å²) in [5.41, 5.74) is 11.3. The van der Waals surface area contributed by atoms with Crippen LogP contribution in [0.3, 0.4) is 0 Å². The lowest BCUT2D eigenvalue weighted by Gasteiger charge is -2.09. The average molecular weight is 300 g/mol. The molecular formula is C17H18ClN3. The molecule has 0 bridgehead atoms. The molecule has 0 radical (unpaired) electrons. The molecule has 1 heterocycles. The van der Waals surface area contributed by atoms with Gasteiger partial charge in [0, 0.05) is 18.7 Å². The molecule has 0 aliphatic heterocycles. The van der Waals surface area contributed by atoms with Crippen LogP contribution in [0.2, 0.25) is 5.02 Å². The molecule has 0 aliphatic rings. The van der Waals surface area contributed by atoms with Gasteiger partial charge in [-0.3, -0.25) is 0 Å². The van der Waals surface area contributed by atoms with Crippen LogP contribution < -0.4 is 5.73 Å². The summed E-state index contributed by atoms with van der Waals surface area (Å²) in [4.78, 5) is 4.79. The van der Waals surface area contributed by atoms with Gasteiger partial charge in [0.1, 0.15) is 5.82 Å². The maximum absolute atomic E-state index is 6.34. The Kier molecular flexibility index (Phi) is 3.70. The zero-order valence-corrected chi connectivity index (χ0v) is 13.0. The van der Waals surface area contributed by atoms with Gasteiger partial charge in [0.25, 0.3) is 0 Å². The second-order valence-corrected chi connectivity index (χ2v) is 5.69. The number of halogens is 1. The van der Waals surface area contributed by atoms with Crippen LogP contribution in [0, 0.1) is 13.8 Å². The predicted molar refractivity (Wildman–Crippen MR) is 88.7 cm³/mol. The minimum absolute atomic E-state index is 0.565. The lowest BCUT2D eigenvalue weighted by molar-refractivity contribution is 0.735. The van der Waals surface area contributed by atoms with E-state index in [1.165, 1.54) is 11.1 Å². The van der Waals surface area contributed by atoms with Gasteiger partial charge in [0.15, 0.2) is 0 Å². The van der Waals surface area contributed by atoms with Gasteiger partial charge < -0.3 is 10.3 Å². The van der Waals surface area contributed by atoms with Crippen LogP contribution in [0.15, 0.2) is 36.4 Å². The second kappa shape index (κ2) is 5.51. The van der Waals surface area contributed by atoms with E-state index >= 15 is 0 Å². The first-order valence-corrected chi connectivity index (χ1v) is 7.42. The number of aryl methyl sites for hydroxylation is 2. The van der Waals surface area contributed by atoms with Crippen molar-refractivity contribution in [3.8, 4) is 11.4 Å². The summed E-state index contributed by atoms with van der Waals surface area (Å²) in [5, 5.41) is 0.708. The Bertz CT molecular complexity index is 805. The number of fused-ring (bicyclic) bond motifs is 1. The fraction of sp³-hybridized carbons (Fsp3) is 0.235. The average Bonchev–Trinajstić information content (AvgIpc) is 2.79. The van der Waals surface area contributed by atoms with Crippen molar-refractivity contribution in [2.24, 2.45) is 5.73 Å². The van der Waals surface area contributed by atoms with Gasteiger partial charge in [-0.1, -0.05) is 23.7 Å². The Hall–Kier alpha value is -1.84. The van der Waals surface area contributed by atoms with Crippen molar-refractivity contribution >= 4 is 22.6 Å². The molecule has 0 aliphatic carbocycles. The first-order chi connectivity index (χ1) is 10.1. The van der Waals surface area contributed by atoms with Crippen LogP contribution >= 0.6 is 11.6 Å². The van der Waals surface area contributed by atoms with E-state index in [1.807, 2.05) is 24.3 Å². The number of nitrogens with zero attached hydrogens (tertiary/aromatic N) is 2.